The number of carbonyl (C=O) groups excluding carboxylic acids is 2. The van der Waals surface area contributed by atoms with Gasteiger partial charge in [0.2, 0.25) is 0 Å². The average molecular weight is 459 g/mol. The Morgan fingerprint density at radius 2 is 1.26 bits per heavy atom. The second-order valence-electron chi connectivity index (χ2n) is 8.71. The number of ether oxygens (including phenoxy) is 2. The molecule has 1 amide bonds. The molecule has 34 heavy (non-hydrogen) atoms. The third-order valence-corrected chi connectivity index (χ3v) is 4.95. The lowest BCUT2D eigenvalue weighted by atomic mass is 9.97. The Kier molecular flexibility index (Phi) is 8.19. The minimum atomic E-state index is -1.06. The molecule has 3 aromatic carbocycles. The Bertz CT molecular complexity index is 1070. The molecule has 176 valence electrons. The Hall–Kier alpha value is -3.93. The maximum Gasteiger partial charge on any atom is 0.408 e. The number of rotatable bonds is 7. The molecule has 0 saturated carbocycles. The molecule has 3 rings (SSSR count). The second-order valence-corrected chi connectivity index (χ2v) is 8.71. The van der Waals surface area contributed by atoms with Crippen LogP contribution >= 0.6 is 0 Å². The van der Waals surface area contributed by atoms with Crippen molar-refractivity contribution < 1.29 is 19.1 Å². The summed E-state index contributed by atoms with van der Waals surface area (Å²) in [5, 5.41) is 2.84. The number of hydrogen-bond acceptors (Lipinski definition) is 5. The molecule has 1 N–H and O–H groups in total. The number of methoxy groups -OCH3 is 1. The number of benzene rings is 3. The van der Waals surface area contributed by atoms with E-state index < -0.39 is 29.7 Å². The summed E-state index contributed by atoms with van der Waals surface area (Å²) < 4.78 is 10.6. The van der Waals surface area contributed by atoms with Crippen molar-refractivity contribution >= 4 is 17.8 Å². The van der Waals surface area contributed by atoms with Crippen LogP contribution in [0.3, 0.4) is 0 Å². The Labute approximate surface area is 200 Å². The molecule has 0 aliphatic heterocycles. The fourth-order valence-corrected chi connectivity index (χ4v) is 3.47. The highest BCUT2D eigenvalue weighted by atomic mass is 16.6. The van der Waals surface area contributed by atoms with Crippen molar-refractivity contribution in [1.82, 2.24) is 5.32 Å². The van der Waals surface area contributed by atoms with Crippen LogP contribution in [0.5, 0.6) is 0 Å². The highest BCUT2D eigenvalue weighted by Gasteiger charge is 2.33. The molecule has 6 heteroatoms. The number of alkyl carbamates (subject to hydrolysis) is 1. The first kappa shape index (κ1) is 24.7. The predicted molar refractivity (Wildman–Crippen MR) is 133 cm³/mol. The number of nitrogens with one attached hydrogen (secondary N) is 1. The van der Waals surface area contributed by atoms with Gasteiger partial charge in [-0.3, -0.25) is 4.99 Å². The molecule has 0 aromatic heterocycles. The van der Waals surface area contributed by atoms with Gasteiger partial charge >= 0.3 is 12.1 Å². The number of hydrogen-bond donors (Lipinski definition) is 1. The SMILES string of the molecule is COC(=O)C(N=C(c1ccccc1)c1ccccc1)C(NC(=O)OC(C)(C)C)c1ccccc1. The summed E-state index contributed by atoms with van der Waals surface area (Å²) in [5.74, 6) is -0.575. The summed E-state index contributed by atoms with van der Waals surface area (Å²) >= 11 is 0. The maximum atomic E-state index is 13.1. The zero-order valence-electron chi connectivity index (χ0n) is 19.9. The van der Waals surface area contributed by atoms with E-state index in [9.17, 15) is 9.59 Å². The lowest BCUT2D eigenvalue weighted by Gasteiger charge is -2.27. The van der Waals surface area contributed by atoms with Crippen LogP contribution in [0.15, 0.2) is 96.0 Å². The van der Waals surface area contributed by atoms with Gasteiger partial charge < -0.3 is 14.8 Å². The van der Waals surface area contributed by atoms with Gasteiger partial charge in [-0.15, -0.1) is 0 Å². The van der Waals surface area contributed by atoms with Crippen molar-refractivity contribution in [3.63, 3.8) is 0 Å². The van der Waals surface area contributed by atoms with Crippen molar-refractivity contribution in [3.8, 4) is 0 Å². The molecule has 6 nitrogen and oxygen atoms in total. The molecule has 2 unspecified atom stereocenters. The number of aliphatic imine (C=N–C) groups is 1. The van der Waals surface area contributed by atoms with Crippen LogP contribution in [0.4, 0.5) is 4.79 Å². The smallest absolute Gasteiger partial charge is 0.408 e. The van der Waals surface area contributed by atoms with Gasteiger partial charge in [-0.25, -0.2) is 9.59 Å². The van der Waals surface area contributed by atoms with Crippen LogP contribution in [-0.2, 0) is 14.3 Å². The quantitative estimate of drug-likeness (QED) is 0.383. The zero-order chi connectivity index (χ0) is 24.6. The van der Waals surface area contributed by atoms with Crippen molar-refractivity contribution in [2.45, 2.75) is 38.5 Å². The first-order chi connectivity index (χ1) is 16.3. The Morgan fingerprint density at radius 3 is 1.71 bits per heavy atom. The normalized spacial score (nSPS) is 12.7. The van der Waals surface area contributed by atoms with Crippen LogP contribution in [0.1, 0.15) is 43.5 Å². The molecule has 3 aromatic rings. The van der Waals surface area contributed by atoms with E-state index in [1.54, 1.807) is 20.8 Å². The third-order valence-electron chi connectivity index (χ3n) is 4.95. The summed E-state index contributed by atoms with van der Waals surface area (Å²) in [7, 11) is 1.31. The summed E-state index contributed by atoms with van der Waals surface area (Å²) in [6.07, 6.45) is -0.647. The van der Waals surface area contributed by atoms with E-state index >= 15 is 0 Å². The fraction of sp³-hybridized carbons (Fsp3) is 0.250. The van der Waals surface area contributed by atoms with Gasteiger partial charge in [0.15, 0.2) is 6.04 Å². The largest absolute Gasteiger partial charge is 0.467 e. The van der Waals surface area contributed by atoms with Crippen LogP contribution in [0.25, 0.3) is 0 Å². The van der Waals surface area contributed by atoms with Gasteiger partial charge in [0.25, 0.3) is 0 Å². The molecule has 0 radical (unpaired) electrons. The van der Waals surface area contributed by atoms with Gasteiger partial charge in [-0.2, -0.15) is 0 Å². The summed E-state index contributed by atoms with van der Waals surface area (Å²) in [6.45, 7) is 5.34. The molecule has 0 saturated heterocycles. The second kappa shape index (κ2) is 11.3. The molecule has 0 fully saturated rings. The monoisotopic (exact) mass is 458 g/mol. The van der Waals surface area contributed by atoms with Gasteiger partial charge in [0.1, 0.15) is 5.60 Å². The van der Waals surface area contributed by atoms with Crippen molar-refractivity contribution in [3.05, 3.63) is 108 Å². The van der Waals surface area contributed by atoms with E-state index in [0.29, 0.717) is 11.3 Å². The number of carbonyl (C=O) groups is 2. The molecule has 0 spiro atoms. The van der Waals surface area contributed by atoms with Crippen molar-refractivity contribution in [2.75, 3.05) is 7.11 Å². The van der Waals surface area contributed by atoms with E-state index in [4.69, 9.17) is 14.5 Å². The van der Waals surface area contributed by atoms with E-state index in [-0.39, 0.29) is 0 Å². The minimum Gasteiger partial charge on any atom is -0.467 e. The lowest BCUT2D eigenvalue weighted by molar-refractivity contribution is -0.142. The van der Waals surface area contributed by atoms with Gasteiger partial charge in [-0.1, -0.05) is 91.0 Å². The number of esters is 1. The maximum absolute atomic E-state index is 13.1. The van der Waals surface area contributed by atoms with E-state index in [0.717, 1.165) is 11.1 Å². The Morgan fingerprint density at radius 1 is 0.794 bits per heavy atom. The average Bonchev–Trinajstić information content (AvgIpc) is 2.84. The van der Waals surface area contributed by atoms with Crippen LogP contribution in [0.2, 0.25) is 0 Å². The predicted octanol–water partition coefficient (Wildman–Crippen LogP) is 5.33. The highest BCUT2D eigenvalue weighted by molar-refractivity contribution is 6.13. The van der Waals surface area contributed by atoms with E-state index in [1.165, 1.54) is 7.11 Å². The summed E-state index contributed by atoms with van der Waals surface area (Å²) in [5.41, 5.74) is 2.30. The Balaban J connectivity index is 2.14. The first-order valence-corrected chi connectivity index (χ1v) is 11.1. The number of amides is 1. The zero-order valence-corrected chi connectivity index (χ0v) is 19.9. The number of nitrogens with zero attached hydrogens (tertiary/aromatic N) is 1. The topological polar surface area (TPSA) is 77.0 Å². The molecule has 0 heterocycles. The standard InChI is InChI=1S/C28H30N2O4/c1-28(2,3)34-27(32)30-24(22-18-12-7-13-19-22)25(26(31)33-4)29-23(20-14-8-5-9-15-20)21-16-10-6-11-17-21/h5-19,24-25H,1-4H3,(H,30,32). The lowest BCUT2D eigenvalue weighted by Crippen LogP contribution is -2.42. The van der Waals surface area contributed by atoms with Crippen LogP contribution in [0, 0.1) is 0 Å². The molecule has 0 aliphatic rings. The summed E-state index contributed by atoms with van der Waals surface area (Å²) in [4.78, 5) is 30.7. The fourth-order valence-electron chi connectivity index (χ4n) is 3.47. The third kappa shape index (κ3) is 6.78. The molecule has 0 aliphatic carbocycles. The highest BCUT2D eigenvalue weighted by Crippen LogP contribution is 2.24. The minimum absolute atomic E-state index is 0.575. The van der Waals surface area contributed by atoms with Crippen molar-refractivity contribution in [2.24, 2.45) is 4.99 Å². The van der Waals surface area contributed by atoms with E-state index in [2.05, 4.69) is 5.32 Å². The van der Waals surface area contributed by atoms with Gasteiger partial charge in [0.05, 0.1) is 18.9 Å². The first-order valence-electron chi connectivity index (χ1n) is 11.1. The van der Waals surface area contributed by atoms with Crippen LogP contribution < -0.4 is 5.32 Å². The van der Waals surface area contributed by atoms with Crippen molar-refractivity contribution in [1.29, 1.82) is 0 Å². The van der Waals surface area contributed by atoms with Gasteiger partial charge in [0, 0.05) is 11.1 Å². The summed E-state index contributed by atoms with van der Waals surface area (Å²) in [6, 6.07) is 26.5. The molecular weight excluding hydrogens is 428 g/mol. The van der Waals surface area contributed by atoms with Crippen LogP contribution in [-0.4, -0.2) is 36.5 Å². The van der Waals surface area contributed by atoms with E-state index in [1.807, 2.05) is 91.0 Å². The van der Waals surface area contributed by atoms with Gasteiger partial charge in [-0.05, 0) is 26.3 Å². The molecular formula is C28H30N2O4. The molecule has 2 atom stereocenters. The molecule has 0 bridgehead atoms.